The zero-order chi connectivity index (χ0) is 15.5. The first-order valence-corrected chi connectivity index (χ1v) is 7.00. The van der Waals surface area contributed by atoms with Gasteiger partial charge < -0.3 is 15.0 Å². The van der Waals surface area contributed by atoms with Crippen LogP contribution in [0.1, 0.15) is 15.9 Å². The highest BCUT2D eigenvalue weighted by atomic mass is 16.5. The molecule has 1 aliphatic rings. The summed E-state index contributed by atoms with van der Waals surface area (Å²) < 4.78 is 5.38. The van der Waals surface area contributed by atoms with Gasteiger partial charge in [0.1, 0.15) is 5.75 Å². The number of benzene rings is 2. The van der Waals surface area contributed by atoms with Gasteiger partial charge in [0.05, 0.1) is 5.69 Å². The van der Waals surface area contributed by atoms with Crippen molar-refractivity contribution in [1.29, 1.82) is 0 Å². The lowest BCUT2D eigenvalue weighted by Gasteiger charge is -2.26. The van der Waals surface area contributed by atoms with Gasteiger partial charge in [0.25, 0.3) is 11.8 Å². The maximum Gasteiger partial charge on any atom is 0.264 e. The summed E-state index contributed by atoms with van der Waals surface area (Å²) in [5.74, 6) is 0.470. The zero-order valence-electron chi connectivity index (χ0n) is 12.2. The van der Waals surface area contributed by atoms with E-state index in [4.69, 9.17) is 4.74 Å². The van der Waals surface area contributed by atoms with Gasteiger partial charge in [0, 0.05) is 19.2 Å². The van der Waals surface area contributed by atoms with Gasteiger partial charge >= 0.3 is 0 Å². The Kier molecular flexibility index (Phi) is 3.78. The van der Waals surface area contributed by atoms with E-state index in [1.165, 1.54) is 0 Å². The molecule has 1 aliphatic heterocycles. The van der Waals surface area contributed by atoms with Crippen LogP contribution >= 0.6 is 0 Å². The predicted molar refractivity (Wildman–Crippen MR) is 83.0 cm³/mol. The van der Waals surface area contributed by atoms with Gasteiger partial charge in [-0.15, -0.1) is 0 Å². The van der Waals surface area contributed by atoms with Gasteiger partial charge in [-0.1, -0.05) is 24.3 Å². The molecular formula is C17H16N2O3. The summed E-state index contributed by atoms with van der Waals surface area (Å²) in [6.45, 7) is 0.455. The van der Waals surface area contributed by atoms with Gasteiger partial charge in [0.2, 0.25) is 0 Å². The summed E-state index contributed by atoms with van der Waals surface area (Å²) >= 11 is 0. The fraction of sp³-hybridized carbons (Fsp3) is 0.176. The van der Waals surface area contributed by atoms with Crippen molar-refractivity contribution < 1.29 is 14.3 Å². The molecule has 2 aromatic rings. The average molecular weight is 296 g/mol. The summed E-state index contributed by atoms with van der Waals surface area (Å²) in [6.07, 6.45) is 0. The largest absolute Gasteiger partial charge is 0.482 e. The molecule has 2 aromatic carbocycles. The van der Waals surface area contributed by atoms with E-state index in [0.29, 0.717) is 17.9 Å². The molecule has 1 N–H and O–H groups in total. The van der Waals surface area contributed by atoms with Crippen LogP contribution in [0, 0.1) is 0 Å². The zero-order valence-corrected chi connectivity index (χ0v) is 12.2. The normalized spacial score (nSPS) is 13.3. The molecule has 3 rings (SSSR count). The molecule has 0 aromatic heterocycles. The van der Waals surface area contributed by atoms with E-state index in [-0.39, 0.29) is 18.4 Å². The SMILES string of the molecule is CN1C(=O)COc2ccc(CNC(=O)c3ccccc3)cc21. The summed E-state index contributed by atoms with van der Waals surface area (Å²) in [5.41, 5.74) is 2.26. The standard InChI is InChI=1S/C17H16N2O3/c1-19-14-9-12(7-8-15(14)22-11-16(19)20)10-18-17(21)13-5-3-2-4-6-13/h2-9H,10-11H2,1H3,(H,18,21). The Morgan fingerprint density at radius 1 is 1.23 bits per heavy atom. The van der Waals surface area contributed by atoms with Crippen LogP contribution in [0.5, 0.6) is 5.75 Å². The molecule has 0 saturated carbocycles. The Balaban J connectivity index is 1.72. The maximum atomic E-state index is 12.0. The van der Waals surface area contributed by atoms with E-state index in [2.05, 4.69) is 5.32 Å². The van der Waals surface area contributed by atoms with Crippen LogP contribution in [-0.2, 0) is 11.3 Å². The van der Waals surface area contributed by atoms with E-state index in [0.717, 1.165) is 11.3 Å². The summed E-state index contributed by atoms with van der Waals surface area (Å²) in [7, 11) is 1.72. The minimum atomic E-state index is -0.126. The fourth-order valence-electron chi connectivity index (χ4n) is 2.30. The van der Waals surface area contributed by atoms with Crippen molar-refractivity contribution in [2.75, 3.05) is 18.6 Å². The number of ether oxygens (including phenoxy) is 1. The predicted octanol–water partition coefficient (Wildman–Crippen LogP) is 1.97. The Morgan fingerprint density at radius 2 is 2.00 bits per heavy atom. The van der Waals surface area contributed by atoms with Crippen molar-refractivity contribution >= 4 is 17.5 Å². The number of rotatable bonds is 3. The second kappa shape index (κ2) is 5.89. The van der Waals surface area contributed by atoms with E-state index in [1.807, 2.05) is 36.4 Å². The highest BCUT2D eigenvalue weighted by Crippen LogP contribution is 2.31. The molecule has 0 atom stereocenters. The van der Waals surface area contributed by atoms with E-state index >= 15 is 0 Å². The lowest BCUT2D eigenvalue weighted by molar-refractivity contribution is -0.120. The molecule has 0 fully saturated rings. The number of fused-ring (bicyclic) bond motifs is 1. The first kappa shape index (κ1) is 14.1. The molecule has 0 aliphatic carbocycles. The number of anilines is 1. The molecular weight excluding hydrogens is 280 g/mol. The molecule has 1 heterocycles. The van der Waals surface area contributed by atoms with Crippen molar-refractivity contribution in [2.24, 2.45) is 0 Å². The highest BCUT2D eigenvalue weighted by molar-refractivity contribution is 5.97. The van der Waals surface area contributed by atoms with Crippen LogP contribution in [0.25, 0.3) is 0 Å². The molecule has 112 valence electrons. The minimum Gasteiger partial charge on any atom is -0.482 e. The molecule has 0 saturated heterocycles. The molecule has 0 bridgehead atoms. The van der Waals surface area contributed by atoms with Crippen molar-refractivity contribution in [1.82, 2.24) is 5.32 Å². The van der Waals surface area contributed by atoms with Crippen LogP contribution in [0.3, 0.4) is 0 Å². The van der Waals surface area contributed by atoms with Crippen molar-refractivity contribution in [2.45, 2.75) is 6.54 Å². The second-order valence-electron chi connectivity index (χ2n) is 5.09. The fourth-order valence-corrected chi connectivity index (χ4v) is 2.30. The van der Waals surface area contributed by atoms with Gasteiger partial charge in [-0.2, -0.15) is 0 Å². The van der Waals surface area contributed by atoms with E-state index < -0.39 is 0 Å². The molecule has 0 spiro atoms. The number of carbonyl (C=O) groups excluding carboxylic acids is 2. The van der Waals surface area contributed by atoms with Gasteiger partial charge in [-0.3, -0.25) is 9.59 Å². The summed E-state index contributed by atoms with van der Waals surface area (Å²) in [4.78, 5) is 25.2. The lowest BCUT2D eigenvalue weighted by atomic mass is 10.1. The van der Waals surface area contributed by atoms with Crippen LogP contribution in [0.15, 0.2) is 48.5 Å². The van der Waals surface area contributed by atoms with Gasteiger partial charge in [-0.25, -0.2) is 0 Å². The molecule has 5 nitrogen and oxygen atoms in total. The number of amides is 2. The average Bonchev–Trinajstić information content (AvgIpc) is 2.57. The molecule has 22 heavy (non-hydrogen) atoms. The van der Waals surface area contributed by atoms with Gasteiger partial charge in [0.15, 0.2) is 6.61 Å². The Hall–Kier alpha value is -2.82. The monoisotopic (exact) mass is 296 g/mol. The lowest BCUT2D eigenvalue weighted by Crippen LogP contribution is -2.35. The Morgan fingerprint density at radius 3 is 2.77 bits per heavy atom. The number of hydrogen-bond donors (Lipinski definition) is 1. The number of likely N-dealkylation sites (N-methyl/N-ethyl adjacent to an activating group) is 1. The first-order valence-electron chi connectivity index (χ1n) is 7.00. The van der Waals surface area contributed by atoms with Crippen molar-refractivity contribution in [3.05, 3.63) is 59.7 Å². The van der Waals surface area contributed by atoms with Crippen molar-refractivity contribution in [3.63, 3.8) is 0 Å². The number of carbonyl (C=O) groups is 2. The smallest absolute Gasteiger partial charge is 0.264 e. The number of hydrogen-bond acceptors (Lipinski definition) is 3. The number of nitrogens with one attached hydrogen (secondary N) is 1. The van der Waals surface area contributed by atoms with E-state index in [1.54, 1.807) is 24.1 Å². The third-order valence-electron chi connectivity index (χ3n) is 3.60. The molecule has 2 amide bonds. The molecule has 0 radical (unpaired) electrons. The third-order valence-corrected chi connectivity index (χ3v) is 3.60. The topological polar surface area (TPSA) is 58.6 Å². The van der Waals surface area contributed by atoms with Crippen LogP contribution in [0.4, 0.5) is 5.69 Å². The maximum absolute atomic E-state index is 12.0. The Labute approximate surface area is 128 Å². The third kappa shape index (κ3) is 2.79. The highest BCUT2D eigenvalue weighted by Gasteiger charge is 2.22. The minimum absolute atomic E-state index is 0.0631. The van der Waals surface area contributed by atoms with Crippen LogP contribution in [0.2, 0.25) is 0 Å². The molecule has 5 heteroatoms. The van der Waals surface area contributed by atoms with Crippen molar-refractivity contribution in [3.8, 4) is 5.75 Å². The summed E-state index contributed by atoms with van der Waals surface area (Å²) in [6, 6.07) is 14.6. The summed E-state index contributed by atoms with van der Waals surface area (Å²) in [5, 5.41) is 2.86. The van der Waals surface area contributed by atoms with Crippen LogP contribution in [-0.4, -0.2) is 25.5 Å². The molecule has 0 unspecified atom stereocenters. The van der Waals surface area contributed by atoms with Gasteiger partial charge in [-0.05, 0) is 29.8 Å². The van der Waals surface area contributed by atoms with Crippen LogP contribution < -0.4 is 15.0 Å². The Bertz CT molecular complexity index is 713. The second-order valence-corrected chi connectivity index (χ2v) is 5.09. The van der Waals surface area contributed by atoms with E-state index in [9.17, 15) is 9.59 Å². The first-order chi connectivity index (χ1) is 10.6. The number of nitrogens with zero attached hydrogens (tertiary/aromatic N) is 1. The quantitative estimate of drug-likeness (QED) is 0.942.